The van der Waals surface area contributed by atoms with Crippen LogP contribution in [0.15, 0.2) is 109 Å². The first-order valence-electron chi connectivity index (χ1n) is 43.1. The molecule has 3 fully saturated rings. The van der Waals surface area contributed by atoms with E-state index >= 15 is 0 Å². The number of alkyl carbamates (subject to hydrolysis) is 1. The van der Waals surface area contributed by atoms with Crippen LogP contribution in [-0.4, -0.2) is 240 Å². The minimum atomic E-state index is -1.90. The van der Waals surface area contributed by atoms with Gasteiger partial charge in [0.15, 0.2) is 23.1 Å². The molecule has 5 aliphatic heterocycles. The first kappa shape index (κ1) is 103. The van der Waals surface area contributed by atoms with Crippen LogP contribution in [0.5, 0.6) is 5.75 Å². The maximum atomic E-state index is 14.4. The van der Waals surface area contributed by atoms with E-state index in [0.29, 0.717) is 62.8 Å². The molecule has 0 spiro atoms. The van der Waals surface area contributed by atoms with E-state index in [2.05, 4.69) is 26.6 Å². The van der Waals surface area contributed by atoms with Gasteiger partial charge in [-0.05, 0) is 113 Å². The monoisotopic (exact) mass is 1790 g/mol. The lowest BCUT2D eigenvalue weighted by molar-refractivity contribution is -0.162. The molecule has 11 amide bonds. The Labute approximate surface area is 746 Å². The van der Waals surface area contributed by atoms with Gasteiger partial charge < -0.3 is 65.6 Å². The third-order valence-electron chi connectivity index (χ3n) is 23.0. The summed E-state index contributed by atoms with van der Waals surface area (Å²) >= 11 is 7.97. The fourth-order valence-corrected chi connectivity index (χ4v) is 16.9. The standard InChI is InChI=1S/C63H86ClN7O16S.C29H39N3O6/c1-36(2)25-42(30-46(73)44(67-52(74)34-65)27-40-18-12-11-13-19-40)58(78)66-35-43(72)20-14-15-23-71-55(77)31-49(59(71)79)88-24-22-53(75)69(7)39(5)60(80)86-51-32-54(76)70(8)45-28-41(29-47(83-9)56(45)64)26-37(3)17-16-21-50(84-10)63(82)33-48(85-61(81)68-63)38(4)57-62(51,6)87-57;1-4-23(33)19-22(18-21-9-6-5-7-10-21)29(38)31-24(17-20(2)3)25(34)11-12-26(35)30-15-8-16-32-27(36)13-14-28(32)37/h11-13,16-19,21,28-29,36,38-39,42,44,48-51,57,82H,14-15,20,22-27,30-35,65H2,1-10H3,(H,66,78)(H,67,74)(H,68,81);5-7,9-10,13-14,20,22,24H,4,8,11-12,15-19H2,1-3H3,(H,30,35)(H,31,38)/b21-16+,37-17+;/t38-,39+,42-,44+,48+,49?,50-,51+,57+,62+,63+;22-,24+/m11/s1. The number of ketones is 4. The number of thioether (sulfide) groups is 1. The Kier molecular flexibility index (Phi) is 40.1. The number of epoxide rings is 1. The van der Waals surface area contributed by atoms with Gasteiger partial charge in [-0.3, -0.25) is 82.2 Å². The number of fused-ring (bicyclic) bond motifs is 5. The molecule has 32 nitrogen and oxygen atoms in total. The number of hydrogen-bond acceptors (Lipinski definition) is 24. The first-order valence-corrected chi connectivity index (χ1v) is 44.5. The molecule has 13 atom stereocenters. The Balaban J connectivity index is 0.000000477. The van der Waals surface area contributed by atoms with Gasteiger partial charge in [-0.2, -0.15) is 0 Å². The number of methoxy groups -OCH3 is 2. The van der Waals surface area contributed by atoms with Crippen LogP contribution in [0.1, 0.15) is 175 Å². The molecule has 3 aromatic carbocycles. The number of ether oxygens (including phenoxy) is 5. The van der Waals surface area contributed by atoms with Crippen LogP contribution >= 0.6 is 23.4 Å². The third kappa shape index (κ3) is 30.5. The quantitative estimate of drug-likeness (QED) is 0.0125. The van der Waals surface area contributed by atoms with Crippen molar-refractivity contribution in [2.75, 3.05) is 71.7 Å². The summed E-state index contributed by atoms with van der Waals surface area (Å²) in [6, 6.07) is 19.3. The van der Waals surface area contributed by atoms with Gasteiger partial charge in [0.25, 0.3) is 11.8 Å². The zero-order chi connectivity index (χ0) is 92.9. The minimum Gasteiger partial charge on any atom is -0.495 e. The van der Waals surface area contributed by atoms with E-state index in [1.165, 1.54) is 57.2 Å². The van der Waals surface area contributed by atoms with Gasteiger partial charge in [0.2, 0.25) is 47.3 Å². The Morgan fingerprint density at radius 2 is 1.40 bits per heavy atom. The molecule has 3 aromatic rings. The number of carbonyl (C=O) groups excluding carboxylic acids is 16. The summed E-state index contributed by atoms with van der Waals surface area (Å²) in [6.45, 7) is 16.2. The number of benzene rings is 3. The number of aliphatic hydroxyl groups is 1. The van der Waals surface area contributed by atoms with E-state index in [0.717, 1.165) is 43.8 Å². The number of hydrogen-bond donors (Lipinski definition) is 7. The van der Waals surface area contributed by atoms with E-state index in [9.17, 15) is 81.8 Å². The van der Waals surface area contributed by atoms with Crippen molar-refractivity contribution in [3.8, 4) is 5.75 Å². The SMILES string of the molecule is CCC(=O)C[C@@H](Cc1ccccc1)C(=O)N[C@@H](CC(C)C)C(=O)CCC(=O)NCCCN1C(=O)C=CC1=O.COc1cc2cc(c1Cl)N(C)C(=O)C[C@H](OC(=O)[C@H](C)N(C)C(=O)CCSC1CC(=O)N(CCCCC(=O)CNC(=O)[C@@H](CC(=O)[C@H](Cc3ccccc3)NC(=O)CN)CC(C)C)C1=O)[C@]1(C)O[C@H]1[C@H](C)[C@@H]1C[C@@](O)(NC(=O)O1)[C@H](OC)/C=C/C=C(\C)C2. The Hall–Kier alpha value is -10.3. The predicted molar refractivity (Wildman–Crippen MR) is 471 cm³/mol. The molecule has 0 aromatic heterocycles. The maximum Gasteiger partial charge on any atom is 0.409 e. The zero-order valence-corrected chi connectivity index (χ0v) is 76.0. The summed E-state index contributed by atoms with van der Waals surface area (Å²) in [5.74, 6) is -7.17. The Morgan fingerprint density at radius 1 is 0.746 bits per heavy atom. The number of carbonyl (C=O) groups is 16. The number of likely N-dealkylation sites (N-methyl/N-ethyl adjacent to an activating group) is 1. The molecular weight excluding hydrogens is 1660 g/mol. The van der Waals surface area contributed by atoms with Crippen LogP contribution in [0.3, 0.4) is 0 Å². The number of nitrogens with one attached hydrogen (secondary N) is 5. The van der Waals surface area contributed by atoms with Crippen LogP contribution in [0.2, 0.25) is 5.02 Å². The highest BCUT2D eigenvalue weighted by Gasteiger charge is 2.65. The molecule has 3 saturated heterocycles. The lowest BCUT2D eigenvalue weighted by Gasteiger charge is -2.42. The van der Waals surface area contributed by atoms with Crippen molar-refractivity contribution in [1.82, 2.24) is 41.3 Å². The Bertz CT molecular complexity index is 4470. The van der Waals surface area contributed by atoms with Crippen LogP contribution in [0.25, 0.3) is 0 Å². The average molecular weight is 1790 g/mol. The molecule has 688 valence electrons. The topological polar surface area (TPSA) is 442 Å². The highest BCUT2D eigenvalue weighted by Crippen LogP contribution is 2.49. The lowest BCUT2D eigenvalue weighted by atomic mass is 9.83. The maximum absolute atomic E-state index is 14.4. The number of allylic oxidation sites excluding steroid dienone is 3. The largest absolute Gasteiger partial charge is 0.495 e. The van der Waals surface area contributed by atoms with Gasteiger partial charge in [0.1, 0.15) is 46.5 Å². The van der Waals surface area contributed by atoms with E-state index < -0.39 is 125 Å². The van der Waals surface area contributed by atoms with Crippen molar-refractivity contribution >= 4 is 123 Å². The highest BCUT2D eigenvalue weighted by molar-refractivity contribution is 8.00. The van der Waals surface area contributed by atoms with Crippen molar-refractivity contribution in [2.45, 2.75) is 237 Å². The van der Waals surface area contributed by atoms with Gasteiger partial charge in [-0.25, -0.2) is 9.59 Å². The van der Waals surface area contributed by atoms with Gasteiger partial charge >= 0.3 is 12.1 Å². The normalized spacial score (nSPS) is 22.4. The number of rotatable bonds is 43. The molecule has 1 unspecified atom stereocenters. The Morgan fingerprint density at radius 3 is 2.02 bits per heavy atom. The molecule has 8 rings (SSSR count). The fourth-order valence-electron chi connectivity index (χ4n) is 15.5. The third-order valence-corrected chi connectivity index (χ3v) is 24.6. The van der Waals surface area contributed by atoms with E-state index in [-0.39, 0.29) is 166 Å². The number of halogens is 1. The number of unbranched alkanes of at least 4 members (excludes halogenated alkanes) is 1. The van der Waals surface area contributed by atoms with Crippen molar-refractivity contribution < 1.29 is 106 Å². The second-order valence-corrected chi connectivity index (χ2v) is 35.5. The number of nitrogens with two attached hydrogens (primary N) is 1. The molecule has 34 heteroatoms. The summed E-state index contributed by atoms with van der Waals surface area (Å²) in [5.41, 5.74) is 6.00. The van der Waals surface area contributed by atoms with Crippen molar-refractivity contribution in [1.29, 1.82) is 0 Å². The van der Waals surface area contributed by atoms with Crippen LogP contribution < -0.4 is 42.0 Å². The van der Waals surface area contributed by atoms with Crippen molar-refractivity contribution in [2.24, 2.45) is 35.3 Å². The van der Waals surface area contributed by atoms with Gasteiger partial charge in [-0.15, -0.1) is 11.8 Å². The number of Topliss-reactive ketones (excluding diaryl/α,β-unsaturated/α-hetero) is 4. The van der Waals surface area contributed by atoms with Gasteiger partial charge in [-0.1, -0.05) is 138 Å². The molecule has 5 aliphatic rings. The molecule has 4 bridgehead atoms. The number of amides is 11. The summed E-state index contributed by atoms with van der Waals surface area (Å²) in [5, 5.41) is 24.7. The van der Waals surface area contributed by atoms with Gasteiger partial charge in [0, 0.05) is 134 Å². The molecule has 0 saturated carbocycles. The van der Waals surface area contributed by atoms with E-state index in [4.69, 9.17) is 41.0 Å². The second kappa shape index (κ2) is 49.1. The summed E-state index contributed by atoms with van der Waals surface area (Å²) in [6.07, 6.45) is 5.16. The fraction of sp³-hybridized carbons (Fsp3) is 0.565. The molecule has 0 radical (unpaired) electrons. The number of nitrogens with zero attached hydrogens (tertiary/aromatic N) is 4. The first-order chi connectivity index (χ1) is 59.7. The van der Waals surface area contributed by atoms with Crippen LogP contribution in [-0.2, 0) is 110 Å². The minimum absolute atomic E-state index is 0.0146. The molecule has 126 heavy (non-hydrogen) atoms. The summed E-state index contributed by atoms with van der Waals surface area (Å²) in [7, 11) is 5.82. The number of likely N-dealkylation sites (tertiary alicyclic amines) is 1. The zero-order valence-electron chi connectivity index (χ0n) is 74.5. The molecular formula is C92H125ClN10O22S. The van der Waals surface area contributed by atoms with Gasteiger partial charge in [0.05, 0.1) is 55.7 Å². The number of imide groups is 2. The van der Waals surface area contributed by atoms with Crippen molar-refractivity contribution in [3.05, 3.63) is 130 Å². The van der Waals surface area contributed by atoms with Crippen molar-refractivity contribution in [3.63, 3.8) is 0 Å². The average Bonchev–Trinajstić information content (AvgIpc) is 1.57. The molecule has 8 N–H and O–H groups in total. The van der Waals surface area contributed by atoms with E-state index in [1.54, 1.807) is 45.1 Å². The molecule has 5 heterocycles. The lowest BCUT2D eigenvalue weighted by Crippen LogP contribution is -2.63. The van der Waals surface area contributed by atoms with Crippen LogP contribution in [0.4, 0.5) is 10.5 Å². The number of anilines is 1. The molecule has 0 aliphatic carbocycles. The smallest absolute Gasteiger partial charge is 0.409 e. The van der Waals surface area contributed by atoms with Crippen LogP contribution in [0, 0.1) is 29.6 Å². The van der Waals surface area contributed by atoms with E-state index in [1.807, 2.05) is 101 Å². The predicted octanol–water partition coefficient (Wildman–Crippen LogP) is 7.45. The number of esters is 1. The second-order valence-electron chi connectivity index (χ2n) is 33.8. The summed E-state index contributed by atoms with van der Waals surface area (Å²) in [4.78, 5) is 213. The summed E-state index contributed by atoms with van der Waals surface area (Å²) < 4.78 is 29.5. The highest BCUT2D eigenvalue weighted by atomic mass is 35.5.